The molecule has 0 unspecified atom stereocenters. The molecule has 0 spiro atoms. The molecular formula is C23H22N6O. The van der Waals surface area contributed by atoms with E-state index in [-0.39, 0.29) is 11.9 Å². The molecule has 2 aliphatic heterocycles. The quantitative estimate of drug-likeness (QED) is 0.576. The van der Waals surface area contributed by atoms with Crippen LogP contribution in [0.15, 0.2) is 73.4 Å². The van der Waals surface area contributed by atoms with Crippen LogP contribution in [0.5, 0.6) is 0 Å². The number of benzene rings is 1. The number of imidazole rings is 1. The first-order valence-corrected chi connectivity index (χ1v) is 10.3. The van der Waals surface area contributed by atoms with Gasteiger partial charge in [0.15, 0.2) is 5.65 Å². The van der Waals surface area contributed by atoms with E-state index >= 15 is 0 Å². The smallest absolute Gasteiger partial charge is 0.270 e. The van der Waals surface area contributed by atoms with Crippen LogP contribution < -0.4 is 4.90 Å². The molecule has 1 amide bonds. The summed E-state index contributed by atoms with van der Waals surface area (Å²) in [6.45, 7) is 2.55. The van der Waals surface area contributed by atoms with E-state index in [2.05, 4.69) is 53.4 Å². The molecule has 2 saturated heterocycles. The Morgan fingerprint density at radius 3 is 2.77 bits per heavy atom. The van der Waals surface area contributed by atoms with Gasteiger partial charge in [-0.1, -0.05) is 30.3 Å². The third-order valence-electron chi connectivity index (χ3n) is 6.51. The lowest BCUT2D eigenvalue weighted by Gasteiger charge is -2.30. The lowest BCUT2D eigenvalue weighted by Crippen LogP contribution is -2.36. The van der Waals surface area contributed by atoms with Crippen LogP contribution in [0.1, 0.15) is 22.1 Å². The number of aromatic amines is 1. The maximum Gasteiger partial charge on any atom is 0.270 e. The molecule has 3 aromatic heterocycles. The van der Waals surface area contributed by atoms with Gasteiger partial charge in [-0.25, -0.2) is 4.98 Å². The van der Waals surface area contributed by atoms with Crippen molar-refractivity contribution in [1.29, 1.82) is 0 Å². The van der Waals surface area contributed by atoms with E-state index in [1.807, 2.05) is 36.8 Å². The Hall–Kier alpha value is -3.61. The number of hydrogen-bond donors (Lipinski definition) is 1. The number of aromatic nitrogens is 4. The van der Waals surface area contributed by atoms with Crippen molar-refractivity contribution >= 4 is 17.4 Å². The number of rotatable bonds is 3. The molecule has 5 heterocycles. The zero-order valence-electron chi connectivity index (χ0n) is 16.4. The predicted molar refractivity (Wildman–Crippen MR) is 113 cm³/mol. The summed E-state index contributed by atoms with van der Waals surface area (Å²) < 4.78 is 2.09. The lowest BCUT2D eigenvalue weighted by molar-refractivity contribution is 0.0710. The van der Waals surface area contributed by atoms with Gasteiger partial charge in [0.25, 0.3) is 5.91 Å². The van der Waals surface area contributed by atoms with E-state index in [1.165, 1.54) is 5.56 Å². The SMILES string of the molecule is O=C(c1ccc[nH]1)N1C[C@@H]2CN(c3cncc4nccn34)C[C@@H]2[C@H]1c1ccccc1. The number of carbonyl (C=O) groups excluding carboxylic acids is 1. The van der Waals surface area contributed by atoms with Crippen LogP contribution in [0.4, 0.5) is 5.82 Å². The van der Waals surface area contributed by atoms with E-state index in [0.717, 1.165) is 31.1 Å². The summed E-state index contributed by atoms with van der Waals surface area (Å²) in [5.41, 5.74) is 2.71. The largest absolute Gasteiger partial charge is 0.357 e. The Kier molecular flexibility index (Phi) is 3.87. The molecule has 6 rings (SSSR count). The standard InChI is InChI=1S/C23H22N6O/c30-23(19-7-4-8-25-19)29-14-17-13-27(21-12-24-11-20-26-9-10-28(20)21)15-18(17)22(29)16-5-2-1-3-6-16/h1-12,17-18,22,25H,13-15H2/t17-,18-,22+/m0/s1. The highest BCUT2D eigenvalue weighted by atomic mass is 16.2. The van der Waals surface area contributed by atoms with E-state index in [9.17, 15) is 4.79 Å². The average Bonchev–Trinajstić information content (AvgIpc) is 3.57. The Morgan fingerprint density at radius 1 is 1.03 bits per heavy atom. The van der Waals surface area contributed by atoms with Crippen LogP contribution in [0.25, 0.3) is 5.65 Å². The van der Waals surface area contributed by atoms with Crippen LogP contribution in [-0.2, 0) is 0 Å². The molecule has 2 fully saturated rings. The first kappa shape index (κ1) is 17.3. The van der Waals surface area contributed by atoms with Crippen LogP contribution in [0.2, 0.25) is 0 Å². The van der Waals surface area contributed by atoms with Gasteiger partial charge in [0.1, 0.15) is 11.5 Å². The molecule has 1 aromatic carbocycles. The van der Waals surface area contributed by atoms with Crippen molar-refractivity contribution in [3.05, 3.63) is 84.7 Å². The second-order valence-corrected chi connectivity index (χ2v) is 8.15. The Balaban J connectivity index is 1.35. The van der Waals surface area contributed by atoms with Gasteiger partial charge in [0.2, 0.25) is 0 Å². The van der Waals surface area contributed by atoms with E-state index in [1.54, 1.807) is 12.4 Å². The Morgan fingerprint density at radius 2 is 1.93 bits per heavy atom. The van der Waals surface area contributed by atoms with Crippen molar-refractivity contribution < 1.29 is 4.79 Å². The predicted octanol–water partition coefficient (Wildman–Crippen LogP) is 3.01. The molecule has 3 atom stereocenters. The molecule has 0 saturated carbocycles. The molecular weight excluding hydrogens is 376 g/mol. The van der Waals surface area contributed by atoms with Crippen molar-refractivity contribution in [3.63, 3.8) is 0 Å². The minimum absolute atomic E-state index is 0.0620. The summed E-state index contributed by atoms with van der Waals surface area (Å²) in [6, 6.07) is 14.2. The fourth-order valence-corrected chi connectivity index (χ4v) is 5.21. The van der Waals surface area contributed by atoms with Gasteiger partial charge in [-0.15, -0.1) is 0 Å². The molecule has 2 aliphatic rings. The van der Waals surface area contributed by atoms with Gasteiger partial charge in [-0.05, 0) is 17.7 Å². The third kappa shape index (κ3) is 2.62. The minimum atomic E-state index is 0.0620. The summed E-state index contributed by atoms with van der Waals surface area (Å²) in [4.78, 5) is 29.6. The highest BCUT2D eigenvalue weighted by Crippen LogP contribution is 2.46. The number of hydrogen-bond acceptors (Lipinski definition) is 4. The van der Waals surface area contributed by atoms with E-state index < -0.39 is 0 Å². The topological polar surface area (TPSA) is 69.5 Å². The number of H-pyrrole nitrogens is 1. The molecule has 0 bridgehead atoms. The molecule has 150 valence electrons. The van der Waals surface area contributed by atoms with Gasteiger partial charge in [0.05, 0.1) is 18.4 Å². The molecule has 30 heavy (non-hydrogen) atoms. The summed E-state index contributed by atoms with van der Waals surface area (Å²) in [7, 11) is 0. The number of carbonyl (C=O) groups is 1. The number of fused-ring (bicyclic) bond motifs is 2. The van der Waals surface area contributed by atoms with Crippen molar-refractivity contribution in [2.75, 3.05) is 24.5 Å². The summed E-state index contributed by atoms with van der Waals surface area (Å²) in [6.07, 6.45) is 9.29. The van der Waals surface area contributed by atoms with Gasteiger partial charge in [0, 0.05) is 50.1 Å². The summed E-state index contributed by atoms with van der Waals surface area (Å²) in [5.74, 6) is 1.92. The fraction of sp³-hybridized carbons (Fsp3) is 0.261. The number of amides is 1. The molecule has 7 nitrogen and oxygen atoms in total. The summed E-state index contributed by atoms with van der Waals surface area (Å²) in [5, 5.41) is 0. The second kappa shape index (κ2) is 6.73. The second-order valence-electron chi connectivity index (χ2n) is 8.15. The monoisotopic (exact) mass is 398 g/mol. The Bertz CT molecular complexity index is 1180. The van der Waals surface area contributed by atoms with Crippen molar-refractivity contribution in [2.24, 2.45) is 11.8 Å². The molecule has 0 radical (unpaired) electrons. The van der Waals surface area contributed by atoms with Crippen LogP contribution in [0.3, 0.4) is 0 Å². The first-order chi connectivity index (χ1) is 14.8. The third-order valence-corrected chi connectivity index (χ3v) is 6.51. The minimum Gasteiger partial charge on any atom is -0.357 e. The maximum atomic E-state index is 13.3. The molecule has 4 aromatic rings. The maximum absolute atomic E-state index is 13.3. The van der Waals surface area contributed by atoms with Gasteiger partial charge < -0.3 is 14.8 Å². The van der Waals surface area contributed by atoms with Crippen molar-refractivity contribution in [3.8, 4) is 0 Å². The highest BCUT2D eigenvalue weighted by Gasteiger charge is 2.49. The van der Waals surface area contributed by atoms with Crippen LogP contribution >= 0.6 is 0 Å². The van der Waals surface area contributed by atoms with E-state index in [4.69, 9.17) is 0 Å². The normalized spacial score (nSPS) is 23.3. The number of anilines is 1. The lowest BCUT2D eigenvalue weighted by atomic mass is 9.89. The van der Waals surface area contributed by atoms with Crippen molar-refractivity contribution in [2.45, 2.75) is 6.04 Å². The number of nitrogens with zero attached hydrogens (tertiary/aromatic N) is 5. The van der Waals surface area contributed by atoms with Crippen molar-refractivity contribution in [1.82, 2.24) is 24.3 Å². The first-order valence-electron chi connectivity index (χ1n) is 10.3. The number of likely N-dealkylation sites (tertiary alicyclic amines) is 1. The summed E-state index contributed by atoms with van der Waals surface area (Å²) >= 11 is 0. The zero-order chi connectivity index (χ0) is 20.1. The average molecular weight is 398 g/mol. The van der Waals surface area contributed by atoms with Crippen LogP contribution in [0, 0.1) is 11.8 Å². The van der Waals surface area contributed by atoms with Gasteiger partial charge >= 0.3 is 0 Å². The fourth-order valence-electron chi connectivity index (χ4n) is 5.21. The molecule has 7 heteroatoms. The van der Waals surface area contributed by atoms with E-state index in [0.29, 0.717) is 17.5 Å². The van der Waals surface area contributed by atoms with Gasteiger partial charge in [-0.2, -0.15) is 0 Å². The number of nitrogens with one attached hydrogen (secondary N) is 1. The molecule has 1 N–H and O–H groups in total. The zero-order valence-corrected chi connectivity index (χ0v) is 16.4. The Labute approximate surface area is 174 Å². The van der Waals surface area contributed by atoms with Gasteiger partial charge in [-0.3, -0.25) is 14.2 Å². The molecule has 0 aliphatic carbocycles. The highest BCUT2D eigenvalue weighted by molar-refractivity contribution is 5.93. The van der Waals surface area contributed by atoms with Crippen LogP contribution in [-0.4, -0.2) is 49.8 Å².